The van der Waals surface area contributed by atoms with Crippen LogP contribution in [0, 0.1) is 12.3 Å². The van der Waals surface area contributed by atoms with E-state index in [1.165, 1.54) is 5.01 Å². The average Bonchev–Trinajstić information content (AvgIpc) is 2.49. The zero-order chi connectivity index (χ0) is 11.5. The molecule has 0 saturated carbocycles. The van der Waals surface area contributed by atoms with Crippen molar-refractivity contribution in [3.8, 4) is 0 Å². The van der Waals surface area contributed by atoms with Gasteiger partial charge in [-0.15, -0.1) is 11.3 Å². The van der Waals surface area contributed by atoms with Crippen molar-refractivity contribution in [1.82, 2.24) is 10.3 Å². The van der Waals surface area contributed by atoms with Gasteiger partial charge in [-0.2, -0.15) is 0 Å². The lowest BCUT2D eigenvalue weighted by Gasteiger charge is -2.20. The monoisotopic (exact) mass is 226 g/mol. The molecule has 1 heterocycles. The van der Waals surface area contributed by atoms with E-state index in [1.54, 1.807) is 11.3 Å². The van der Waals surface area contributed by atoms with Gasteiger partial charge in [-0.05, 0) is 12.3 Å². The van der Waals surface area contributed by atoms with Crippen molar-refractivity contribution in [2.45, 2.75) is 40.5 Å². The van der Waals surface area contributed by atoms with Crippen molar-refractivity contribution in [2.24, 2.45) is 5.41 Å². The first-order valence-electron chi connectivity index (χ1n) is 5.51. The van der Waals surface area contributed by atoms with Crippen LogP contribution < -0.4 is 5.32 Å². The minimum Gasteiger partial charge on any atom is -0.316 e. The second-order valence-electron chi connectivity index (χ2n) is 5.42. The Morgan fingerprint density at radius 1 is 1.47 bits per heavy atom. The summed E-state index contributed by atoms with van der Waals surface area (Å²) in [5, 5.41) is 6.86. The number of aryl methyl sites for hydroxylation is 1. The minimum atomic E-state index is 0.360. The maximum Gasteiger partial charge on any atom is 0.0969 e. The Labute approximate surface area is 97.1 Å². The van der Waals surface area contributed by atoms with Crippen molar-refractivity contribution >= 4 is 11.3 Å². The molecule has 86 valence electrons. The van der Waals surface area contributed by atoms with Crippen molar-refractivity contribution in [1.29, 1.82) is 0 Å². The highest BCUT2D eigenvalue weighted by Crippen LogP contribution is 2.19. The van der Waals surface area contributed by atoms with Crippen LogP contribution in [-0.2, 0) is 0 Å². The topological polar surface area (TPSA) is 24.9 Å². The highest BCUT2D eigenvalue weighted by molar-refractivity contribution is 7.09. The van der Waals surface area contributed by atoms with Gasteiger partial charge in [0, 0.05) is 30.1 Å². The Bertz CT molecular complexity index is 299. The standard InChI is InChI=1S/C12H22N2S/c1-9(6-13-8-12(3,4)5)11-14-10(2)7-15-11/h7,9,13H,6,8H2,1-5H3. The van der Waals surface area contributed by atoms with Gasteiger partial charge in [0.15, 0.2) is 0 Å². The maximum atomic E-state index is 4.50. The molecule has 0 aliphatic heterocycles. The summed E-state index contributed by atoms with van der Waals surface area (Å²) in [6, 6.07) is 0. The molecule has 0 fully saturated rings. The average molecular weight is 226 g/mol. The van der Waals surface area contributed by atoms with E-state index in [2.05, 4.69) is 50.3 Å². The van der Waals surface area contributed by atoms with Gasteiger partial charge in [0.2, 0.25) is 0 Å². The molecule has 0 amide bonds. The summed E-state index contributed by atoms with van der Waals surface area (Å²) in [4.78, 5) is 4.50. The number of hydrogen-bond donors (Lipinski definition) is 1. The van der Waals surface area contributed by atoms with Crippen molar-refractivity contribution in [3.63, 3.8) is 0 Å². The molecular formula is C12H22N2S. The largest absolute Gasteiger partial charge is 0.316 e. The summed E-state index contributed by atoms with van der Waals surface area (Å²) in [6.07, 6.45) is 0. The number of hydrogen-bond acceptors (Lipinski definition) is 3. The van der Waals surface area contributed by atoms with Crippen LogP contribution in [-0.4, -0.2) is 18.1 Å². The summed E-state index contributed by atoms with van der Waals surface area (Å²) in [5.74, 6) is 0.519. The highest BCUT2D eigenvalue weighted by Gasteiger charge is 2.12. The summed E-state index contributed by atoms with van der Waals surface area (Å²) in [6.45, 7) is 13.1. The quantitative estimate of drug-likeness (QED) is 0.853. The lowest BCUT2D eigenvalue weighted by atomic mass is 9.97. The lowest BCUT2D eigenvalue weighted by Crippen LogP contribution is -2.29. The Balaban J connectivity index is 2.34. The summed E-state index contributed by atoms with van der Waals surface area (Å²) >= 11 is 1.76. The molecule has 0 saturated heterocycles. The van der Waals surface area contributed by atoms with Crippen LogP contribution in [0.4, 0.5) is 0 Å². The van der Waals surface area contributed by atoms with Gasteiger partial charge >= 0.3 is 0 Å². The van der Waals surface area contributed by atoms with Crippen LogP contribution in [0.2, 0.25) is 0 Å². The van der Waals surface area contributed by atoms with E-state index in [0.717, 1.165) is 18.8 Å². The molecule has 1 aromatic rings. The molecule has 0 aromatic carbocycles. The van der Waals surface area contributed by atoms with Crippen molar-refractivity contribution in [2.75, 3.05) is 13.1 Å². The van der Waals surface area contributed by atoms with E-state index in [-0.39, 0.29) is 0 Å². The molecule has 1 unspecified atom stereocenters. The predicted octanol–water partition coefficient (Wildman–Crippen LogP) is 3.19. The van der Waals surface area contributed by atoms with Gasteiger partial charge in [0.1, 0.15) is 0 Å². The number of thiazole rings is 1. The zero-order valence-electron chi connectivity index (χ0n) is 10.4. The Hall–Kier alpha value is -0.410. The van der Waals surface area contributed by atoms with E-state index in [4.69, 9.17) is 0 Å². The lowest BCUT2D eigenvalue weighted by molar-refractivity contribution is 0.375. The van der Waals surface area contributed by atoms with E-state index in [1.807, 2.05) is 0 Å². The van der Waals surface area contributed by atoms with Crippen LogP contribution in [0.5, 0.6) is 0 Å². The molecule has 0 spiro atoms. The third-order valence-electron chi connectivity index (χ3n) is 2.16. The van der Waals surface area contributed by atoms with Crippen LogP contribution >= 0.6 is 11.3 Å². The van der Waals surface area contributed by atoms with E-state index < -0.39 is 0 Å². The SMILES string of the molecule is Cc1csc(C(C)CNCC(C)(C)C)n1. The molecule has 2 nitrogen and oxygen atoms in total. The third-order valence-corrected chi connectivity index (χ3v) is 3.36. The molecule has 1 rings (SSSR count). The molecule has 1 atom stereocenters. The fraction of sp³-hybridized carbons (Fsp3) is 0.750. The van der Waals surface area contributed by atoms with E-state index in [9.17, 15) is 0 Å². The Kier molecular flexibility index (Phi) is 4.29. The van der Waals surface area contributed by atoms with Gasteiger partial charge in [-0.25, -0.2) is 4.98 Å². The predicted molar refractivity (Wildman–Crippen MR) is 67.6 cm³/mol. The molecule has 3 heteroatoms. The zero-order valence-corrected chi connectivity index (χ0v) is 11.2. The summed E-state index contributed by atoms with van der Waals surface area (Å²) in [7, 11) is 0. The van der Waals surface area contributed by atoms with Gasteiger partial charge in [-0.3, -0.25) is 0 Å². The van der Waals surface area contributed by atoms with Crippen LogP contribution in [0.3, 0.4) is 0 Å². The first-order valence-corrected chi connectivity index (χ1v) is 6.39. The van der Waals surface area contributed by atoms with Gasteiger partial charge in [0.25, 0.3) is 0 Å². The summed E-state index contributed by atoms with van der Waals surface area (Å²) in [5.41, 5.74) is 1.50. The van der Waals surface area contributed by atoms with Crippen molar-refractivity contribution < 1.29 is 0 Å². The molecule has 0 radical (unpaired) electrons. The van der Waals surface area contributed by atoms with Crippen LogP contribution in [0.1, 0.15) is 44.3 Å². The van der Waals surface area contributed by atoms with Gasteiger partial charge in [-0.1, -0.05) is 27.7 Å². The molecular weight excluding hydrogens is 204 g/mol. The van der Waals surface area contributed by atoms with Crippen LogP contribution in [0.25, 0.3) is 0 Å². The first kappa shape index (κ1) is 12.7. The van der Waals surface area contributed by atoms with Crippen LogP contribution in [0.15, 0.2) is 5.38 Å². The molecule has 0 aliphatic carbocycles. The van der Waals surface area contributed by atoms with E-state index >= 15 is 0 Å². The number of nitrogens with zero attached hydrogens (tertiary/aromatic N) is 1. The normalized spacial score (nSPS) is 14.2. The molecule has 1 aromatic heterocycles. The molecule has 0 aliphatic rings. The van der Waals surface area contributed by atoms with Crippen molar-refractivity contribution in [3.05, 3.63) is 16.1 Å². The summed E-state index contributed by atoms with van der Waals surface area (Å²) < 4.78 is 0. The molecule has 0 bridgehead atoms. The second kappa shape index (κ2) is 5.08. The van der Waals surface area contributed by atoms with E-state index in [0.29, 0.717) is 11.3 Å². The second-order valence-corrected chi connectivity index (χ2v) is 6.31. The number of aromatic nitrogens is 1. The maximum absolute atomic E-state index is 4.50. The number of nitrogens with one attached hydrogen (secondary N) is 1. The fourth-order valence-electron chi connectivity index (χ4n) is 1.35. The smallest absolute Gasteiger partial charge is 0.0969 e. The molecule has 1 N–H and O–H groups in total. The first-order chi connectivity index (χ1) is 6.88. The fourth-order valence-corrected chi connectivity index (χ4v) is 2.21. The number of rotatable bonds is 4. The highest BCUT2D eigenvalue weighted by atomic mass is 32.1. The third kappa shape index (κ3) is 4.76. The van der Waals surface area contributed by atoms with Gasteiger partial charge < -0.3 is 5.32 Å². The Morgan fingerprint density at radius 3 is 2.60 bits per heavy atom. The van der Waals surface area contributed by atoms with Gasteiger partial charge in [0.05, 0.1) is 5.01 Å². The minimum absolute atomic E-state index is 0.360. The molecule has 15 heavy (non-hydrogen) atoms. The Morgan fingerprint density at radius 2 is 2.13 bits per heavy atom.